The Hall–Kier alpha value is -1.94. The molecule has 1 heterocycles. The lowest BCUT2D eigenvalue weighted by atomic mass is 9.88. The van der Waals surface area contributed by atoms with Crippen LogP contribution >= 0.6 is 12.2 Å². The number of pyridine rings is 1. The maximum absolute atomic E-state index is 5.53. The lowest BCUT2D eigenvalue weighted by Gasteiger charge is -2.32. The molecule has 2 aromatic rings. The van der Waals surface area contributed by atoms with Crippen LogP contribution in [0, 0.1) is 6.92 Å². The molecule has 4 heteroatoms. The van der Waals surface area contributed by atoms with Crippen molar-refractivity contribution in [3.05, 3.63) is 59.8 Å². The summed E-state index contributed by atoms with van der Waals surface area (Å²) in [5, 5.41) is 7.41. The summed E-state index contributed by atoms with van der Waals surface area (Å²) in [6, 6.07) is 14.6. The molecule has 1 fully saturated rings. The highest BCUT2D eigenvalue weighted by Gasteiger charge is 2.36. The SMILES string of the molecule is Cc1ccnc(NC(=S)NC2(c3ccccc3)CCCC2)c1. The highest BCUT2D eigenvalue weighted by atomic mass is 32.1. The van der Waals surface area contributed by atoms with E-state index in [0.717, 1.165) is 18.7 Å². The van der Waals surface area contributed by atoms with Crippen molar-refractivity contribution in [3.63, 3.8) is 0 Å². The monoisotopic (exact) mass is 311 g/mol. The van der Waals surface area contributed by atoms with Crippen molar-refractivity contribution in [2.24, 2.45) is 0 Å². The zero-order valence-electron chi connectivity index (χ0n) is 12.8. The van der Waals surface area contributed by atoms with Crippen molar-refractivity contribution in [2.45, 2.75) is 38.1 Å². The van der Waals surface area contributed by atoms with E-state index in [4.69, 9.17) is 12.2 Å². The molecule has 0 aliphatic heterocycles. The van der Waals surface area contributed by atoms with Crippen LogP contribution in [0.4, 0.5) is 5.82 Å². The van der Waals surface area contributed by atoms with Gasteiger partial charge in [-0.25, -0.2) is 4.98 Å². The van der Waals surface area contributed by atoms with Gasteiger partial charge in [-0.2, -0.15) is 0 Å². The molecule has 0 bridgehead atoms. The molecule has 1 aliphatic carbocycles. The molecule has 114 valence electrons. The molecule has 0 spiro atoms. The molecule has 3 nitrogen and oxygen atoms in total. The van der Waals surface area contributed by atoms with Crippen molar-refractivity contribution in [1.29, 1.82) is 0 Å². The average Bonchev–Trinajstić information content (AvgIpc) is 2.98. The standard InChI is InChI=1S/C18H21N3S/c1-14-9-12-19-16(13-14)20-17(22)21-18(10-5-6-11-18)15-7-3-2-4-8-15/h2-4,7-9,12-13H,5-6,10-11H2,1H3,(H2,19,20,21,22). The van der Waals surface area contributed by atoms with Crippen LogP contribution in [0.3, 0.4) is 0 Å². The van der Waals surface area contributed by atoms with Crippen LogP contribution < -0.4 is 10.6 Å². The normalized spacial score (nSPS) is 16.2. The van der Waals surface area contributed by atoms with Gasteiger partial charge in [0.05, 0.1) is 5.54 Å². The van der Waals surface area contributed by atoms with Gasteiger partial charge in [-0.05, 0) is 55.2 Å². The molecule has 0 amide bonds. The third kappa shape index (κ3) is 3.28. The van der Waals surface area contributed by atoms with Crippen LogP contribution in [0.15, 0.2) is 48.7 Å². The maximum Gasteiger partial charge on any atom is 0.172 e. The number of hydrogen-bond donors (Lipinski definition) is 2. The first kappa shape index (κ1) is 15.0. The lowest BCUT2D eigenvalue weighted by Crippen LogP contribution is -2.45. The van der Waals surface area contributed by atoms with Crippen molar-refractivity contribution >= 4 is 23.1 Å². The lowest BCUT2D eigenvalue weighted by molar-refractivity contribution is 0.408. The predicted octanol–water partition coefficient (Wildman–Crippen LogP) is 4.15. The average molecular weight is 311 g/mol. The van der Waals surface area contributed by atoms with E-state index in [1.54, 1.807) is 6.20 Å². The summed E-state index contributed by atoms with van der Waals surface area (Å²) in [6.07, 6.45) is 6.48. The minimum Gasteiger partial charge on any atom is -0.353 e. The molecule has 1 aliphatic rings. The van der Waals surface area contributed by atoms with Crippen molar-refractivity contribution in [3.8, 4) is 0 Å². The summed E-state index contributed by atoms with van der Waals surface area (Å²) in [5.74, 6) is 0.790. The number of thiocarbonyl (C=S) groups is 1. The Morgan fingerprint density at radius 1 is 1.14 bits per heavy atom. The minimum atomic E-state index is -0.0465. The van der Waals surface area contributed by atoms with Gasteiger partial charge in [0.25, 0.3) is 0 Å². The summed E-state index contributed by atoms with van der Waals surface area (Å²) in [6.45, 7) is 2.05. The molecular formula is C18H21N3S. The molecule has 1 aromatic carbocycles. The number of nitrogens with one attached hydrogen (secondary N) is 2. The Bertz CT molecular complexity index is 648. The fourth-order valence-electron chi connectivity index (χ4n) is 3.19. The first-order chi connectivity index (χ1) is 10.7. The predicted molar refractivity (Wildman–Crippen MR) is 94.9 cm³/mol. The molecule has 1 aromatic heterocycles. The molecule has 0 saturated heterocycles. The summed E-state index contributed by atoms with van der Waals surface area (Å²) in [5.41, 5.74) is 2.43. The number of aromatic nitrogens is 1. The second-order valence-electron chi connectivity index (χ2n) is 5.95. The van der Waals surface area contributed by atoms with Crippen molar-refractivity contribution < 1.29 is 0 Å². The molecule has 1 saturated carbocycles. The molecule has 2 N–H and O–H groups in total. The van der Waals surface area contributed by atoms with Crippen molar-refractivity contribution in [1.82, 2.24) is 10.3 Å². The Morgan fingerprint density at radius 3 is 2.55 bits per heavy atom. The Labute approximate surface area is 137 Å². The quantitative estimate of drug-likeness (QED) is 0.835. The van der Waals surface area contributed by atoms with Crippen LogP contribution in [0.1, 0.15) is 36.8 Å². The molecule has 0 unspecified atom stereocenters. The zero-order valence-corrected chi connectivity index (χ0v) is 13.6. The largest absolute Gasteiger partial charge is 0.353 e. The number of rotatable bonds is 3. The summed E-state index contributed by atoms with van der Waals surface area (Å²) in [7, 11) is 0. The van der Waals surface area contributed by atoms with Gasteiger partial charge >= 0.3 is 0 Å². The Balaban J connectivity index is 1.76. The number of nitrogens with zero attached hydrogens (tertiary/aromatic N) is 1. The first-order valence-corrected chi connectivity index (χ1v) is 8.16. The van der Waals surface area contributed by atoms with E-state index in [-0.39, 0.29) is 5.54 Å². The molecule has 0 radical (unpaired) electrons. The first-order valence-electron chi connectivity index (χ1n) is 7.75. The number of aryl methyl sites for hydroxylation is 1. The maximum atomic E-state index is 5.53. The smallest absolute Gasteiger partial charge is 0.172 e. The topological polar surface area (TPSA) is 37.0 Å². The Kier molecular flexibility index (Phi) is 4.39. The van der Waals surface area contributed by atoms with Crippen LogP contribution in [0.5, 0.6) is 0 Å². The summed E-state index contributed by atoms with van der Waals surface area (Å²) in [4.78, 5) is 4.31. The third-order valence-electron chi connectivity index (χ3n) is 4.29. The van der Waals surface area contributed by atoms with Gasteiger partial charge in [0.15, 0.2) is 5.11 Å². The van der Waals surface area contributed by atoms with Crippen LogP contribution in [0.2, 0.25) is 0 Å². The third-order valence-corrected chi connectivity index (χ3v) is 4.50. The molecule has 0 atom stereocenters. The summed E-state index contributed by atoms with van der Waals surface area (Å²) < 4.78 is 0. The second kappa shape index (κ2) is 6.44. The number of hydrogen-bond acceptors (Lipinski definition) is 2. The molecular weight excluding hydrogens is 290 g/mol. The van der Waals surface area contributed by atoms with Crippen molar-refractivity contribution in [2.75, 3.05) is 5.32 Å². The molecule has 3 rings (SSSR count). The molecule has 22 heavy (non-hydrogen) atoms. The zero-order chi connectivity index (χ0) is 15.4. The number of anilines is 1. The van der Waals surface area contributed by atoms with Gasteiger partial charge in [-0.1, -0.05) is 43.2 Å². The van der Waals surface area contributed by atoms with Gasteiger partial charge in [-0.3, -0.25) is 0 Å². The van der Waals surface area contributed by atoms with Crippen LogP contribution in [-0.4, -0.2) is 10.1 Å². The van der Waals surface area contributed by atoms with Gasteiger partial charge in [0.1, 0.15) is 5.82 Å². The van der Waals surface area contributed by atoms with E-state index < -0.39 is 0 Å². The van der Waals surface area contributed by atoms with Gasteiger partial charge < -0.3 is 10.6 Å². The second-order valence-corrected chi connectivity index (χ2v) is 6.36. The summed E-state index contributed by atoms with van der Waals surface area (Å²) >= 11 is 5.53. The van der Waals surface area contributed by atoms with Gasteiger partial charge in [0, 0.05) is 6.20 Å². The van der Waals surface area contributed by atoms with Crippen LogP contribution in [-0.2, 0) is 5.54 Å². The van der Waals surface area contributed by atoms with Crippen LogP contribution in [0.25, 0.3) is 0 Å². The van der Waals surface area contributed by atoms with Gasteiger partial charge in [0.2, 0.25) is 0 Å². The number of benzene rings is 1. The fraction of sp³-hybridized carbons (Fsp3) is 0.333. The highest BCUT2D eigenvalue weighted by molar-refractivity contribution is 7.80. The Morgan fingerprint density at radius 2 is 1.86 bits per heavy atom. The fourth-order valence-corrected chi connectivity index (χ4v) is 3.49. The van der Waals surface area contributed by atoms with E-state index in [1.807, 2.05) is 19.1 Å². The van der Waals surface area contributed by atoms with Gasteiger partial charge in [-0.15, -0.1) is 0 Å². The van der Waals surface area contributed by atoms with E-state index in [2.05, 4.69) is 45.9 Å². The van der Waals surface area contributed by atoms with E-state index in [9.17, 15) is 0 Å². The van der Waals surface area contributed by atoms with E-state index in [0.29, 0.717) is 5.11 Å². The highest BCUT2D eigenvalue weighted by Crippen LogP contribution is 2.38. The minimum absolute atomic E-state index is 0.0465. The van der Waals surface area contributed by atoms with E-state index >= 15 is 0 Å². The van der Waals surface area contributed by atoms with E-state index in [1.165, 1.54) is 24.0 Å².